The normalized spacial score (nSPS) is 16.7. The summed E-state index contributed by atoms with van der Waals surface area (Å²) in [6.45, 7) is 2.04. The van der Waals surface area contributed by atoms with Gasteiger partial charge in [0.1, 0.15) is 29.2 Å². The fourth-order valence-corrected chi connectivity index (χ4v) is 4.34. The first kappa shape index (κ1) is 29.0. The summed E-state index contributed by atoms with van der Waals surface area (Å²) < 4.78 is 99.5. The molecule has 0 saturated carbocycles. The number of carbonyl (C=O) groups is 2. The van der Waals surface area contributed by atoms with E-state index < -0.39 is 112 Å². The van der Waals surface area contributed by atoms with Crippen molar-refractivity contribution < 1.29 is 45.4 Å². The predicted molar refractivity (Wildman–Crippen MR) is 127 cm³/mol. The van der Waals surface area contributed by atoms with Gasteiger partial charge in [0.15, 0.2) is 34.7 Å². The Labute approximate surface area is 221 Å². The van der Waals surface area contributed by atoms with E-state index in [2.05, 4.69) is 4.98 Å². The van der Waals surface area contributed by atoms with Crippen molar-refractivity contribution in [2.24, 2.45) is 5.92 Å². The molecular weight excluding hydrogens is 553 g/mol. The standard InChI is InChI=1S/C25H21F7N4O4/c1-10(2)3-19(25(30,31)32)33-24(40)13-7-36(20-14(27)4-11(26)5-15(20)28)22-12(21(13)39)6-16(29)23(34-22)35-8-17(37)18(38)9-35/h4-7,10,17,19,37H,3,8-9H2,1-2H3,(H,33,40)/t17-,19-/m1/s1. The molecule has 4 rings (SSSR count). The van der Waals surface area contributed by atoms with Crippen LogP contribution in [0.4, 0.5) is 36.6 Å². The van der Waals surface area contributed by atoms with Crippen molar-refractivity contribution in [3.8, 4) is 5.69 Å². The minimum atomic E-state index is -4.91. The minimum absolute atomic E-state index is 0.268. The second-order valence-electron chi connectivity index (χ2n) is 9.68. The molecule has 2 N–H and O–H groups in total. The fraction of sp³-hybridized carbons (Fsp3) is 0.360. The van der Waals surface area contributed by atoms with Crippen LogP contribution in [0.25, 0.3) is 16.7 Å². The molecule has 3 aromatic rings. The number of fused-ring (bicyclic) bond motifs is 1. The third-order valence-corrected chi connectivity index (χ3v) is 6.20. The Morgan fingerprint density at radius 2 is 1.73 bits per heavy atom. The average molecular weight is 574 g/mol. The number of rotatable bonds is 6. The second kappa shape index (κ2) is 10.5. The van der Waals surface area contributed by atoms with Crippen molar-refractivity contribution in [2.75, 3.05) is 18.0 Å². The number of alkyl halides is 3. The number of hydrogen-bond donors (Lipinski definition) is 2. The molecule has 0 radical (unpaired) electrons. The van der Waals surface area contributed by atoms with Gasteiger partial charge in [-0.25, -0.2) is 22.5 Å². The van der Waals surface area contributed by atoms with E-state index in [9.17, 15) is 45.8 Å². The van der Waals surface area contributed by atoms with Crippen molar-refractivity contribution >= 4 is 28.5 Å². The molecule has 0 spiro atoms. The van der Waals surface area contributed by atoms with Gasteiger partial charge in [-0.3, -0.25) is 19.0 Å². The van der Waals surface area contributed by atoms with Crippen LogP contribution < -0.4 is 15.6 Å². The van der Waals surface area contributed by atoms with Crippen LogP contribution in [0, 0.1) is 29.2 Å². The van der Waals surface area contributed by atoms with E-state index in [1.165, 1.54) is 13.8 Å². The van der Waals surface area contributed by atoms with Crippen molar-refractivity contribution in [3.05, 3.63) is 63.5 Å². The van der Waals surface area contributed by atoms with Gasteiger partial charge in [0.25, 0.3) is 5.91 Å². The average Bonchev–Trinajstić information content (AvgIpc) is 3.16. The number of carbonyl (C=O) groups excluding carboxylic acids is 2. The number of amides is 1. The number of halogens is 7. The maximum absolute atomic E-state index is 15.1. The molecule has 8 nitrogen and oxygen atoms in total. The molecule has 0 unspecified atom stereocenters. The summed E-state index contributed by atoms with van der Waals surface area (Å²) in [6, 6.07) is -1.31. The molecule has 15 heteroatoms. The van der Waals surface area contributed by atoms with Gasteiger partial charge in [-0.05, 0) is 18.4 Å². The molecule has 3 heterocycles. The van der Waals surface area contributed by atoms with Gasteiger partial charge < -0.3 is 15.3 Å². The SMILES string of the molecule is CC(C)C[C@@H](NC(=O)c1cn(-c2c(F)cc(F)cc2F)c2nc(N3CC(=O)[C@H](O)C3)c(F)cc2c1=O)C(F)(F)F. The van der Waals surface area contributed by atoms with Crippen molar-refractivity contribution in [3.63, 3.8) is 0 Å². The monoisotopic (exact) mass is 574 g/mol. The van der Waals surface area contributed by atoms with E-state index >= 15 is 4.39 Å². The van der Waals surface area contributed by atoms with Crippen molar-refractivity contribution in [1.29, 1.82) is 0 Å². The molecular formula is C25H21F7N4O4. The zero-order chi connectivity index (χ0) is 29.7. The van der Waals surface area contributed by atoms with Gasteiger partial charge in [0.05, 0.1) is 18.5 Å². The lowest BCUT2D eigenvalue weighted by Crippen LogP contribution is -2.47. The number of anilines is 1. The zero-order valence-corrected chi connectivity index (χ0v) is 20.8. The van der Waals surface area contributed by atoms with Gasteiger partial charge in [0.2, 0.25) is 5.43 Å². The first-order chi connectivity index (χ1) is 18.6. The molecule has 40 heavy (non-hydrogen) atoms. The van der Waals surface area contributed by atoms with Crippen LogP contribution in [-0.2, 0) is 4.79 Å². The van der Waals surface area contributed by atoms with Crippen molar-refractivity contribution in [1.82, 2.24) is 14.9 Å². The number of Topliss-reactive ketones (excluding diaryl/α,β-unsaturated/α-hetero) is 1. The first-order valence-electron chi connectivity index (χ1n) is 11.8. The highest BCUT2D eigenvalue weighted by atomic mass is 19.4. The lowest BCUT2D eigenvalue weighted by Gasteiger charge is -2.23. The van der Waals surface area contributed by atoms with E-state index in [1.54, 1.807) is 5.32 Å². The number of β-amino-alcohol motifs (C(OH)–C–C–N with tert-alkyl or cyclic N) is 1. The van der Waals surface area contributed by atoms with Crippen LogP contribution in [0.15, 0.2) is 29.2 Å². The molecule has 1 amide bonds. The molecule has 1 aromatic carbocycles. The lowest BCUT2D eigenvalue weighted by atomic mass is 10.0. The fourth-order valence-electron chi connectivity index (χ4n) is 4.34. The Kier molecular flexibility index (Phi) is 7.62. The van der Waals surface area contributed by atoms with Crippen LogP contribution in [-0.4, -0.2) is 57.8 Å². The Morgan fingerprint density at radius 1 is 1.10 bits per heavy atom. The molecule has 0 aliphatic carbocycles. The predicted octanol–water partition coefficient (Wildman–Crippen LogP) is 3.40. The van der Waals surface area contributed by atoms with Crippen LogP contribution in [0.5, 0.6) is 0 Å². The van der Waals surface area contributed by atoms with E-state index in [4.69, 9.17) is 0 Å². The van der Waals surface area contributed by atoms with Gasteiger partial charge in [-0.1, -0.05) is 13.8 Å². The van der Waals surface area contributed by atoms with Crippen LogP contribution in [0.3, 0.4) is 0 Å². The molecule has 214 valence electrons. The zero-order valence-electron chi connectivity index (χ0n) is 20.8. The van der Waals surface area contributed by atoms with Crippen LogP contribution in [0.2, 0.25) is 0 Å². The molecule has 1 fully saturated rings. The summed E-state index contributed by atoms with van der Waals surface area (Å²) in [6.07, 6.45) is -6.44. The van der Waals surface area contributed by atoms with Gasteiger partial charge >= 0.3 is 6.18 Å². The number of pyridine rings is 2. The van der Waals surface area contributed by atoms with Crippen LogP contribution >= 0.6 is 0 Å². The number of nitrogens with one attached hydrogen (secondary N) is 1. The van der Waals surface area contributed by atoms with Gasteiger partial charge in [-0.15, -0.1) is 0 Å². The summed E-state index contributed by atoms with van der Waals surface area (Å²) in [4.78, 5) is 42.8. The van der Waals surface area contributed by atoms with E-state index in [0.717, 1.165) is 4.90 Å². The number of benzene rings is 1. The Balaban J connectivity index is 1.97. The Hall–Kier alpha value is -4.01. The molecule has 0 bridgehead atoms. The van der Waals surface area contributed by atoms with E-state index in [1.807, 2.05) is 0 Å². The van der Waals surface area contributed by atoms with Crippen LogP contribution in [0.1, 0.15) is 30.6 Å². The van der Waals surface area contributed by atoms with Gasteiger partial charge in [-0.2, -0.15) is 13.2 Å². The third-order valence-electron chi connectivity index (χ3n) is 6.20. The highest BCUT2D eigenvalue weighted by Crippen LogP contribution is 2.29. The number of hydrogen-bond acceptors (Lipinski definition) is 6. The number of nitrogens with zero attached hydrogens (tertiary/aromatic N) is 3. The topological polar surface area (TPSA) is 105 Å². The summed E-state index contributed by atoms with van der Waals surface area (Å²) >= 11 is 0. The molecule has 1 aliphatic heterocycles. The Bertz CT molecular complexity index is 1550. The number of aliphatic hydroxyl groups excluding tert-OH is 1. The minimum Gasteiger partial charge on any atom is -0.383 e. The summed E-state index contributed by atoms with van der Waals surface area (Å²) in [7, 11) is 0. The molecule has 2 aromatic heterocycles. The molecule has 2 atom stereocenters. The second-order valence-corrected chi connectivity index (χ2v) is 9.68. The summed E-state index contributed by atoms with van der Waals surface area (Å²) in [5.41, 5.74) is -4.08. The number of ketones is 1. The highest BCUT2D eigenvalue weighted by Gasteiger charge is 2.41. The molecule has 1 aliphatic rings. The maximum atomic E-state index is 15.1. The van der Waals surface area contributed by atoms with Gasteiger partial charge in [0, 0.05) is 18.3 Å². The maximum Gasteiger partial charge on any atom is 0.408 e. The van der Waals surface area contributed by atoms with E-state index in [0.29, 0.717) is 16.8 Å². The first-order valence-corrected chi connectivity index (χ1v) is 11.8. The summed E-state index contributed by atoms with van der Waals surface area (Å²) in [5, 5.41) is 10.7. The number of aromatic nitrogens is 2. The Morgan fingerprint density at radius 3 is 2.25 bits per heavy atom. The van der Waals surface area contributed by atoms with Crippen molar-refractivity contribution in [2.45, 2.75) is 38.6 Å². The summed E-state index contributed by atoms with van der Waals surface area (Å²) in [5.74, 6) is -9.01. The third kappa shape index (κ3) is 5.50. The van der Waals surface area contributed by atoms with E-state index in [-0.39, 0.29) is 12.1 Å². The smallest absolute Gasteiger partial charge is 0.383 e. The number of aliphatic hydroxyl groups is 1. The quantitative estimate of drug-likeness (QED) is 0.438. The highest BCUT2D eigenvalue weighted by molar-refractivity contribution is 5.98. The lowest BCUT2D eigenvalue weighted by molar-refractivity contribution is -0.156. The largest absolute Gasteiger partial charge is 0.408 e. The molecule has 1 saturated heterocycles.